The number of nitrogens with one attached hydrogen (secondary N) is 1. The van der Waals surface area contributed by atoms with E-state index in [0.29, 0.717) is 0 Å². The highest BCUT2D eigenvalue weighted by Gasteiger charge is 2.25. The van der Waals surface area contributed by atoms with Crippen molar-refractivity contribution < 1.29 is 18.0 Å². The van der Waals surface area contributed by atoms with Crippen LogP contribution < -0.4 is 5.32 Å². The van der Waals surface area contributed by atoms with E-state index < -0.39 is 12.6 Å². The van der Waals surface area contributed by atoms with Crippen LogP contribution >= 0.6 is 0 Å². The molecule has 0 aliphatic rings. The summed E-state index contributed by atoms with van der Waals surface area (Å²) in [6, 6.07) is 0. The highest BCUT2D eigenvalue weighted by atomic mass is 19.4. The van der Waals surface area contributed by atoms with Crippen molar-refractivity contribution in [2.45, 2.75) is 25.9 Å². The number of allylic oxidation sites excluding steroid dienone is 1. The third-order valence-corrected chi connectivity index (χ3v) is 1.25. The molecule has 0 unspecified atom stereocenters. The minimum atomic E-state index is -4.13. The molecule has 0 aromatic rings. The van der Waals surface area contributed by atoms with E-state index >= 15 is 0 Å². The summed E-state index contributed by atoms with van der Waals surface area (Å²) in [6.07, 6.45) is -2.27. The largest absolute Gasteiger partial charge is 0.389 e. The summed E-state index contributed by atoms with van der Waals surface area (Å²) >= 11 is 0. The number of halogens is 3. The summed E-state index contributed by atoms with van der Waals surface area (Å²) in [5.41, 5.74) is 0. The fraction of sp³-hybridized carbons (Fsp3) is 0.625. The molecule has 76 valence electrons. The predicted octanol–water partition coefficient (Wildman–Crippen LogP) is 2.02. The molecule has 0 aromatic heterocycles. The van der Waals surface area contributed by atoms with Crippen molar-refractivity contribution in [3.63, 3.8) is 0 Å². The van der Waals surface area contributed by atoms with Crippen molar-refractivity contribution in [2.75, 3.05) is 6.54 Å². The molecule has 0 heterocycles. The lowest BCUT2D eigenvalue weighted by molar-refractivity contribution is -0.135. The van der Waals surface area contributed by atoms with Crippen molar-refractivity contribution in [2.24, 2.45) is 0 Å². The second-order valence-electron chi connectivity index (χ2n) is 2.51. The normalized spacial score (nSPS) is 12.0. The predicted molar refractivity (Wildman–Crippen MR) is 43.1 cm³/mol. The van der Waals surface area contributed by atoms with Crippen molar-refractivity contribution in [3.8, 4) is 0 Å². The zero-order valence-electron chi connectivity index (χ0n) is 7.32. The molecule has 0 aliphatic carbocycles. The van der Waals surface area contributed by atoms with E-state index in [-0.39, 0.29) is 18.9 Å². The van der Waals surface area contributed by atoms with Gasteiger partial charge in [-0.2, -0.15) is 13.2 Å². The van der Waals surface area contributed by atoms with Crippen molar-refractivity contribution in [1.29, 1.82) is 0 Å². The average molecular weight is 195 g/mol. The van der Waals surface area contributed by atoms with Gasteiger partial charge in [-0.15, -0.1) is 0 Å². The Bertz CT molecular complexity index is 186. The number of carbonyl (C=O) groups excluding carboxylic acids is 1. The zero-order valence-corrected chi connectivity index (χ0v) is 7.32. The highest BCUT2D eigenvalue weighted by molar-refractivity contribution is 5.87. The number of rotatable bonds is 4. The number of carbonyl (C=O) groups is 1. The number of hydrogen-bond donors (Lipinski definition) is 1. The van der Waals surface area contributed by atoms with Crippen LogP contribution in [0.2, 0.25) is 0 Å². The third kappa shape index (κ3) is 8.91. The molecule has 0 saturated heterocycles. The molecule has 1 amide bonds. The van der Waals surface area contributed by atoms with E-state index in [4.69, 9.17) is 0 Å². The van der Waals surface area contributed by atoms with Gasteiger partial charge in [-0.25, -0.2) is 0 Å². The van der Waals surface area contributed by atoms with Gasteiger partial charge in [0.1, 0.15) is 0 Å². The van der Waals surface area contributed by atoms with Crippen LogP contribution in [0.5, 0.6) is 0 Å². The van der Waals surface area contributed by atoms with Gasteiger partial charge < -0.3 is 5.32 Å². The van der Waals surface area contributed by atoms with Crippen LogP contribution in [0.1, 0.15) is 19.8 Å². The Morgan fingerprint density at radius 2 is 2.08 bits per heavy atom. The summed E-state index contributed by atoms with van der Waals surface area (Å²) in [5, 5.41) is 2.33. The van der Waals surface area contributed by atoms with Crippen LogP contribution in [0.4, 0.5) is 13.2 Å². The molecule has 1 N–H and O–H groups in total. The Hall–Kier alpha value is -1.00. The summed E-state index contributed by atoms with van der Waals surface area (Å²) in [7, 11) is 0. The Balaban J connectivity index is 3.41. The molecule has 0 bridgehead atoms. The average Bonchev–Trinajstić information content (AvgIpc) is 1.97. The Morgan fingerprint density at radius 3 is 2.54 bits per heavy atom. The topological polar surface area (TPSA) is 29.1 Å². The van der Waals surface area contributed by atoms with Crippen LogP contribution in [0.25, 0.3) is 0 Å². The fourth-order valence-corrected chi connectivity index (χ4v) is 0.711. The highest BCUT2D eigenvalue weighted by Crippen LogP contribution is 2.20. The van der Waals surface area contributed by atoms with Crippen molar-refractivity contribution in [3.05, 3.63) is 12.2 Å². The van der Waals surface area contributed by atoms with E-state index in [2.05, 4.69) is 5.32 Å². The zero-order chi connectivity index (χ0) is 10.3. The lowest BCUT2D eigenvalue weighted by Gasteiger charge is -2.05. The van der Waals surface area contributed by atoms with Gasteiger partial charge in [0.05, 0.1) is 0 Å². The van der Waals surface area contributed by atoms with E-state index in [1.54, 1.807) is 6.92 Å². The number of amides is 1. The summed E-state index contributed by atoms with van der Waals surface area (Å²) < 4.78 is 34.8. The molecule has 0 aromatic carbocycles. The van der Waals surface area contributed by atoms with Gasteiger partial charge in [0.2, 0.25) is 5.91 Å². The molecule has 0 spiro atoms. The van der Waals surface area contributed by atoms with Crippen LogP contribution in [-0.2, 0) is 4.79 Å². The standard InChI is InChI=1S/C8H12F3NO/c1-2-4-7(13)12-6-3-5-8(9,10)11/h2,4H,3,5-6H2,1H3,(H,12,13)/b4-2+. The minimum absolute atomic E-state index is 0.0582. The molecular formula is C8H12F3NO. The first-order chi connectivity index (χ1) is 5.95. The van der Waals surface area contributed by atoms with Gasteiger partial charge in [-0.1, -0.05) is 6.08 Å². The van der Waals surface area contributed by atoms with Gasteiger partial charge in [-0.05, 0) is 19.4 Å². The van der Waals surface area contributed by atoms with E-state index in [9.17, 15) is 18.0 Å². The summed E-state index contributed by atoms with van der Waals surface area (Å²) in [4.78, 5) is 10.7. The molecule has 0 fully saturated rings. The third-order valence-electron chi connectivity index (χ3n) is 1.25. The van der Waals surface area contributed by atoms with E-state index in [1.807, 2.05) is 0 Å². The van der Waals surface area contributed by atoms with Crippen LogP contribution in [0.15, 0.2) is 12.2 Å². The quantitative estimate of drug-likeness (QED) is 0.539. The van der Waals surface area contributed by atoms with Crippen LogP contribution in [0.3, 0.4) is 0 Å². The fourth-order valence-electron chi connectivity index (χ4n) is 0.711. The SMILES string of the molecule is C/C=C/C(=O)NCCCC(F)(F)F. The maximum Gasteiger partial charge on any atom is 0.389 e. The smallest absolute Gasteiger partial charge is 0.353 e. The lowest BCUT2D eigenvalue weighted by atomic mass is 10.3. The monoisotopic (exact) mass is 195 g/mol. The first-order valence-electron chi connectivity index (χ1n) is 3.93. The van der Waals surface area contributed by atoms with Gasteiger partial charge in [0.15, 0.2) is 0 Å². The van der Waals surface area contributed by atoms with Gasteiger partial charge >= 0.3 is 6.18 Å². The molecule has 5 heteroatoms. The van der Waals surface area contributed by atoms with E-state index in [0.717, 1.165) is 0 Å². The molecule has 2 nitrogen and oxygen atoms in total. The maximum absolute atomic E-state index is 11.6. The Kier molecular flexibility index (Phi) is 5.18. The first kappa shape index (κ1) is 12.0. The second kappa shape index (κ2) is 5.61. The molecule has 0 radical (unpaired) electrons. The van der Waals surface area contributed by atoms with Crippen molar-refractivity contribution in [1.82, 2.24) is 5.32 Å². The maximum atomic E-state index is 11.6. The molecule has 13 heavy (non-hydrogen) atoms. The second-order valence-corrected chi connectivity index (χ2v) is 2.51. The molecular weight excluding hydrogens is 183 g/mol. The number of alkyl halides is 3. The first-order valence-corrected chi connectivity index (χ1v) is 3.93. The summed E-state index contributed by atoms with van der Waals surface area (Å²) in [5.74, 6) is -0.357. The summed E-state index contributed by atoms with van der Waals surface area (Å²) in [6.45, 7) is 1.72. The van der Waals surface area contributed by atoms with E-state index in [1.165, 1.54) is 12.2 Å². The van der Waals surface area contributed by atoms with Gasteiger partial charge in [-0.3, -0.25) is 4.79 Å². The van der Waals surface area contributed by atoms with Crippen molar-refractivity contribution >= 4 is 5.91 Å². The molecule has 0 aliphatic heterocycles. The van der Waals surface area contributed by atoms with Crippen LogP contribution in [0, 0.1) is 0 Å². The van der Waals surface area contributed by atoms with Crippen LogP contribution in [-0.4, -0.2) is 18.6 Å². The van der Waals surface area contributed by atoms with Gasteiger partial charge in [0, 0.05) is 13.0 Å². The Morgan fingerprint density at radius 1 is 1.46 bits per heavy atom. The molecule has 0 saturated carbocycles. The van der Waals surface area contributed by atoms with Gasteiger partial charge in [0.25, 0.3) is 0 Å². The Labute approximate surface area is 74.8 Å². The molecule has 0 atom stereocenters. The lowest BCUT2D eigenvalue weighted by Crippen LogP contribution is -2.23. The minimum Gasteiger partial charge on any atom is -0.353 e. The number of hydrogen-bond acceptors (Lipinski definition) is 1. The molecule has 0 rings (SSSR count).